The van der Waals surface area contributed by atoms with E-state index in [1.807, 2.05) is 18.2 Å². The summed E-state index contributed by atoms with van der Waals surface area (Å²) in [5, 5.41) is 7.03. The van der Waals surface area contributed by atoms with Gasteiger partial charge in [-0.25, -0.2) is 9.50 Å². The lowest BCUT2D eigenvalue weighted by molar-refractivity contribution is 0.0955. The Morgan fingerprint density at radius 2 is 2.04 bits per heavy atom. The molecule has 2 aromatic heterocycles. The Labute approximate surface area is 153 Å². The fourth-order valence-corrected chi connectivity index (χ4v) is 2.76. The predicted octanol–water partition coefficient (Wildman–Crippen LogP) is 2.48. The monoisotopic (exact) mass is 404 g/mol. The average Bonchev–Trinajstić information content (AvgIpc) is 3.04. The number of nitrogens with zero attached hydrogens (tertiary/aromatic N) is 3. The van der Waals surface area contributed by atoms with Crippen LogP contribution in [0.4, 0.5) is 0 Å². The number of nitrogens with one attached hydrogen (secondary N) is 1. The molecule has 0 aliphatic heterocycles. The van der Waals surface area contributed by atoms with Crippen LogP contribution in [0.25, 0.3) is 5.65 Å². The second kappa shape index (κ2) is 7.52. The van der Waals surface area contributed by atoms with Gasteiger partial charge in [-0.2, -0.15) is 5.10 Å². The van der Waals surface area contributed by atoms with E-state index in [4.69, 9.17) is 9.47 Å². The maximum absolute atomic E-state index is 12.4. The van der Waals surface area contributed by atoms with Crippen LogP contribution in [0.5, 0.6) is 11.5 Å². The largest absolute Gasteiger partial charge is 0.493 e. The van der Waals surface area contributed by atoms with E-state index in [0.29, 0.717) is 35.7 Å². The first-order chi connectivity index (χ1) is 12.1. The van der Waals surface area contributed by atoms with Gasteiger partial charge in [0.2, 0.25) is 0 Å². The Morgan fingerprint density at radius 3 is 2.80 bits per heavy atom. The van der Waals surface area contributed by atoms with Crippen molar-refractivity contribution in [1.82, 2.24) is 19.9 Å². The zero-order valence-corrected chi connectivity index (χ0v) is 15.4. The molecule has 7 nitrogen and oxygen atoms in total. The molecule has 0 bridgehead atoms. The van der Waals surface area contributed by atoms with Crippen LogP contribution in [0.3, 0.4) is 0 Å². The zero-order chi connectivity index (χ0) is 17.8. The van der Waals surface area contributed by atoms with Crippen molar-refractivity contribution in [2.45, 2.75) is 6.42 Å². The summed E-state index contributed by atoms with van der Waals surface area (Å²) >= 11 is 3.33. The Hall–Kier alpha value is -2.61. The summed E-state index contributed by atoms with van der Waals surface area (Å²) in [6.45, 7) is 0.488. The molecule has 0 atom stereocenters. The maximum Gasteiger partial charge on any atom is 0.256 e. The van der Waals surface area contributed by atoms with Gasteiger partial charge in [-0.1, -0.05) is 6.07 Å². The van der Waals surface area contributed by atoms with Gasteiger partial charge in [0.1, 0.15) is 5.56 Å². The topological polar surface area (TPSA) is 77.8 Å². The highest BCUT2D eigenvalue weighted by Gasteiger charge is 2.13. The van der Waals surface area contributed by atoms with Crippen LogP contribution in [0.2, 0.25) is 0 Å². The van der Waals surface area contributed by atoms with E-state index in [1.54, 1.807) is 31.1 Å². The van der Waals surface area contributed by atoms with Gasteiger partial charge < -0.3 is 14.8 Å². The molecule has 130 valence electrons. The molecule has 1 amide bonds. The highest BCUT2D eigenvalue weighted by atomic mass is 79.9. The fourth-order valence-electron chi connectivity index (χ4n) is 2.46. The van der Waals surface area contributed by atoms with E-state index in [1.165, 1.54) is 6.20 Å². The first-order valence-corrected chi connectivity index (χ1v) is 8.39. The van der Waals surface area contributed by atoms with Crippen LogP contribution >= 0.6 is 15.9 Å². The van der Waals surface area contributed by atoms with Crippen molar-refractivity contribution >= 4 is 27.5 Å². The third kappa shape index (κ3) is 3.74. The van der Waals surface area contributed by atoms with Gasteiger partial charge in [-0.05, 0) is 40.0 Å². The smallest absolute Gasteiger partial charge is 0.256 e. The van der Waals surface area contributed by atoms with Crippen molar-refractivity contribution in [3.8, 4) is 11.5 Å². The molecule has 0 aliphatic rings. The quantitative estimate of drug-likeness (QED) is 0.682. The molecule has 0 fully saturated rings. The standard InChI is InChI=1S/C17H17BrN4O3/c1-24-14-4-3-11(7-15(14)25-2)5-6-19-17(23)13-9-21-22-10-12(18)8-20-16(13)22/h3-4,7-10H,5-6H2,1-2H3,(H,19,23). The third-order valence-electron chi connectivity index (χ3n) is 3.72. The number of halogens is 1. The summed E-state index contributed by atoms with van der Waals surface area (Å²) < 4.78 is 12.9. The van der Waals surface area contributed by atoms with Crippen LogP contribution in [0, 0.1) is 0 Å². The van der Waals surface area contributed by atoms with Crippen molar-refractivity contribution in [1.29, 1.82) is 0 Å². The number of hydrogen-bond acceptors (Lipinski definition) is 5. The number of hydrogen-bond donors (Lipinski definition) is 1. The van der Waals surface area contributed by atoms with Crippen LogP contribution in [-0.4, -0.2) is 41.3 Å². The number of aromatic nitrogens is 3. The minimum atomic E-state index is -0.203. The molecule has 0 spiro atoms. The predicted molar refractivity (Wildman–Crippen MR) is 96.3 cm³/mol. The Balaban J connectivity index is 1.64. The third-order valence-corrected chi connectivity index (χ3v) is 4.13. The number of carbonyl (C=O) groups excluding carboxylic acids is 1. The maximum atomic E-state index is 12.4. The molecular formula is C17H17BrN4O3. The van der Waals surface area contributed by atoms with Crippen LogP contribution in [-0.2, 0) is 6.42 Å². The molecule has 3 rings (SSSR count). The SMILES string of the molecule is COc1ccc(CCNC(=O)c2cnn3cc(Br)cnc23)cc1OC. The summed E-state index contributed by atoms with van der Waals surface area (Å²) in [6.07, 6.45) is 5.57. The molecule has 1 aromatic carbocycles. The van der Waals surface area contributed by atoms with Crippen LogP contribution in [0.1, 0.15) is 15.9 Å². The van der Waals surface area contributed by atoms with E-state index < -0.39 is 0 Å². The summed E-state index contributed by atoms with van der Waals surface area (Å²) in [7, 11) is 3.19. The van der Waals surface area contributed by atoms with Crippen molar-refractivity contribution in [2.75, 3.05) is 20.8 Å². The number of methoxy groups -OCH3 is 2. The number of benzene rings is 1. The van der Waals surface area contributed by atoms with Gasteiger partial charge in [0.15, 0.2) is 17.1 Å². The fraction of sp³-hybridized carbons (Fsp3) is 0.235. The van der Waals surface area contributed by atoms with Crippen LogP contribution in [0.15, 0.2) is 41.3 Å². The van der Waals surface area contributed by atoms with E-state index in [0.717, 1.165) is 10.0 Å². The van der Waals surface area contributed by atoms with Gasteiger partial charge in [0.05, 0.1) is 24.9 Å². The summed E-state index contributed by atoms with van der Waals surface area (Å²) in [5.41, 5.74) is 2.01. The average molecular weight is 405 g/mol. The Bertz CT molecular complexity index is 910. The lowest BCUT2D eigenvalue weighted by Gasteiger charge is -2.10. The lowest BCUT2D eigenvalue weighted by Crippen LogP contribution is -2.25. The van der Waals surface area contributed by atoms with Crippen molar-refractivity contribution in [2.24, 2.45) is 0 Å². The highest BCUT2D eigenvalue weighted by Crippen LogP contribution is 2.27. The number of fused-ring (bicyclic) bond motifs is 1. The van der Waals surface area contributed by atoms with Crippen molar-refractivity contribution in [3.63, 3.8) is 0 Å². The number of amides is 1. The number of ether oxygens (including phenoxy) is 2. The Kier molecular flexibility index (Phi) is 5.18. The van der Waals surface area contributed by atoms with Crippen molar-refractivity contribution in [3.05, 3.63) is 52.4 Å². The minimum Gasteiger partial charge on any atom is -0.493 e. The van der Waals surface area contributed by atoms with Gasteiger partial charge >= 0.3 is 0 Å². The molecule has 0 saturated heterocycles. The van der Waals surface area contributed by atoms with Gasteiger partial charge in [0.25, 0.3) is 5.91 Å². The summed E-state index contributed by atoms with van der Waals surface area (Å²) in [4.78, 5) is 16.6. The highest BCUT2D eigenvalue weighted by molar-refractivity contribution is 9.10. The molecule has 1 N–H and O–H groups in total. The Morgan fingerprint density at radius 1 is 1.24 bits per heavy atom. The summed E-state index contributed by atoms with van der Waals surface area (Å²) in [5.74, 6) is 1.15. The van der Waals surface area contributed by atoms with Crippen LogP contribution < -0.4 is 14.8 Å². The molecule has 3 aromatic rings. The van der Waals surface area contributed by atoms with E-state index in [2.05, 4.69) is 31.3 Å². The first-order valence-electron chi connectivity index (χ1n) is 7.60. The molecule has 8 heteroatoms. The molecule has 0 unspecified atom stereocenters. The zero-order valence-electron chi connectivity index (χ0n) is 13.8. The summed E-state index contributed by atoms with van der Waals surface area (Å²) in [6, 6.07) is 5.70. The van der Waals surface area contributed by atoms with Crippen molar-refractivity contribution < 1.29 is 14.3 Å². The van der Waals surface area contributed by atoms with Gasteiger partial charge in [0, 0.05) is 18.9 Å². The first kappa shape index (κ1) is 17.2. The minimum absolute atomic E-state index is 0.203. The van der Waals surface area contributed by atoms with Gasteiger partial charge in [-0.3, -0.25) is 4.79 Å². The van der Waals surface area contributed by atoms with E-state index in [-0.39, 0.29) is 5.91 Å². The molecule has 0 aliphatic carbocycles. The van der Waals surface area contributed by atoms with Gasteiger partial charge in [-0.15, -0.1) is 0 Å². The van der Waals surface area contributed by atoms with E-state index >= 15 is 0 Å². The number of rotatable bonds is 6. The lowest BCUT2D eigenvalue weighted by atomic mass is 10.1. The molecular weight excluding hydrogens is 388 g/mol. The molecule has 2 heterocycles. The molecule has 25 heavy (non-hydrogen) atoms. The second-order valence-electron chi connectivity index (χ2n) is 5.29. The number of carbonyl (C=O) groups is 1. The second-order valence-corrected chi connectivity index (χ2v) is 6.21. The van der Waals surface area contributed by atoms with E-state index in [9.17, 15) is 4.79 Å². The molecule has 0 saturated carbocycles. The molecule has 0 radical (unpaired) electrons. The normalized spacial score (nSPS) is 10.7.